The van der Waals surface area contributed by atoms with E-state index in [4.69, 9.17) is 4.74 Å². The normalized spacial score (nSPS) is 13.8. The Bertz CT molecular complexity index is 439. The van der Waals surface area contributed by atoms with Crippen molar-refractivity contribution in [3.05, 3.63) is 29.3 Å². The Morgan fingerprint density at radius 1 is 1.35 bits per heavy atom. The molecule has 0 aromatic heterocycles. The fraction of sp³-hybridized carbons (Fsp3) is 0.562. The molecule has 1 unspecified atom stereocenters. The van der Waals surface area contributed by atoms with Crippen LogP contribution >= 0.6 is 0 Å². The standard InChI is InChI=1S/C16H25NO3/c1-5-10-17-16(4,15(18)19)9-11-20-14-12(2)7-6-8-13(14)3/h6-8,17H,5,9-11H2,1-4H3,(H,18,19). The Labute approximate surface area is 121 Å². The quantitative estimate of drug-likeness (QED) is 0.768. The van der Waals surface area contributed by atoms with Crippen molar-refractivity contribution in [3.8, 4) is 5.75 Å². The van der Waals surface area contributed by atoms with Crippen LogP contribution in [0, 0.1) is 13.8 Å². The Kier molecular flexibility index (Phi) is 6.02. The lowest BCUT2D eigenvalue weighted by molar-refractivity contribution is -0.144. The van der Waals surface area contributed by atoms with Crippen molar-refractivity contribution in [2.45, 2.75) is 46.1 Å². The molecule has 112 valence electrons. The lowest BCUT2D eigenvalue weighted by atomic mass is 9.98. The van der Waals surface area contributed by atoms with Gasteiger partial charge in [-0.25, -0.2) is 0 Å². The first-order chi connectivity index (χ1) is 9.40. The van der Waals surface area contributed by atoms with Gasteiger partial charge in [-0.15, -0.1) is 0 Å². The van der Waals surface area contributed by atoms with Gasteiger partial charge in [0.05, 0.1) is 6.61 Å². The van der Waals surface area contributed by atoms with Crippen LogP contribution in [0.4, 0.5) is 0 Å². The second-order valence-corrected chi connectivity index (χ2v) is 5.38. The van der Waals surface area contributed by atoms with Gasteiger partial charge in [0.1, 0.15) is 11.3 Å². The molecule has 4 nitrogen and oxygen atoms in total. The van der Waals surface area contributed by atoms with Crippen molar-refractivity contribution >= 4 is 5.97 Å². The minimum atomic E-state index is -0.938. The maximum Gasteiger partial charge on any atom is 0.323 e. The third kappa shape index (κ3) is 4.23. The number of carbonyl (C=O) groups is 1. The van der Waals surface area contributed by atoms with Gasteiger partial charge in [0, 0.05) is 6.42 Å². The van der Waals surface area contributed by atoms with E-state index in [9.17, 15) is 9.90 Å². The smallest absolute Gasteiger partial charge is 0.323 e. The number of nitrogens with one attached hydrogen (secondary N) is 1. The fourth-order valence-corrected chi connectivity index (χ4v) is 2.06. The molecule has 1 atom stereocenters. The summed E-state index contributed by atoms with van der Waals surface area (Å²) in [6, 6.07) is 5.98. The molecular formula is C16H25NO3. The topological polar surface area (TPSA) is 58.6 Å². The van der Waals surface area contributed by atoms with Crippen LogP contribution in [0.2, 0.25) is 0 Å². The number of carboxylic acid groups (broad SMARTS) is 1. The fourth-order valence-electron chi connectivity index (χ4n) is 2.06. The Balaban J connectivity index is 2.63. The Morgan fingerprint density at radius 2 is 1.95 bits per heavy atom. The summed E-state index contributed by atoms with van der Waals surface area (Å²) < 4.78 is 5.79. The number of hydrogen-bond donors (Lipinski definition) is 2. The number of aliphatic carboxylic acids is 1. The van der Waals surface area contributed by atoms with Crippen molar-refractivity contribution in [1.82, 2.24) is 5.32 Å². The molecule has 20 heavy (non-hydrogen) atoms. The number of hydrogen-bond acceptors (Lipinski definition) is 3. The molecule has 0 aliphatic rings. The number of carboxylic acids is 1. The third-order valence-electron chi connectivity index (χ3n) is 3.49. The lowest BCUT2D eigenvalue weighted by Crippen LogP contribution is -2.50. The number of benzene rings is 1. The van der Waals surface area contributed by atoms with Crippen molar-refractivity contribution < 1.29 is 14.6 Å². The van der Waals surface area contributed by atoms with Gasteiger partial charge < -0.3 is 15.2 Å². The van der Waals surface area contributed by atoms with Gasteiger partial charge in [-0.3, -0.25) is 4.79 Å². The molecule has 4 heteroatoms. The van der Waals surface area contributed by atoms with E-state index in [1.54, 1.807) is 6.92 Å². The number of ether oxygens (including phenoxy) is 1. The molecule has 1 rings (SSSR count). The van der Waals surface area contributed by atoms with E-state index in [1.165, 1.54) is 0 Å². The monoisotopic (exact) mass is 279 g/mol. The molecule has 0 heterocycles. The minimum absolute atomic E-state index is 0.380. The second kappa shape index (κ2) is 7.29. The van der Waals surface area contributed by atoms with Crippen molar-refractivity contribution in [2.75, 3.05) is 13.2 Å². The first kappa shape index (κ1) is 16.5. The van der Waals surface area contributed by atoms with Crippen LogP contribution in [0.5, 0.6) is 5.75 Å². The largest absolute Gasteiger partial charge is 0.493 e. The zero-order valence-corrected chi connectivity index (χ0v) is 12.8. The maximum atomic E-state index is 11.4. The summed E-state index contributed by atoms with van der Waals surface area (Å²) in [6.45, 7) is 8.78. The molecule has 0 spiro atoms. The van der Waals surface area contributed by atoms with Gasteiger partial charge in [0.25, 0.3) is 0 Å². The third-order valence-corrected chi connectivity index (χ3v) is 3.49. The lowest BCUT2D eigenvalue weighted by Gasteiger charge is -2.26. The minimum Gasteiger partial charge on any atom is -0.493 e. The molecule has 1 aromatic carbocycles. The van der Waals surface area contributed by atoms with Crippen LogP contribution in [0.3, 0.4) is 0 Å². The molecule has 0 radical (unpaired) electrons. The molecule has 0 aliphatic carbocycles. The molecule has 0 aliphatic heterocycles. The molecule has 0 saturated heterocycles. The van der Waals surface area contributed by atoms with Gasteiger partial charge in [0.2, 0.25) is 0 Å². The summed E-state index contributed by atoms with van der Waals surface area (Å²) in [6.07, 6.45) is 1.33. The van der Waals surface area contributed by atoms with Crippen LogP contribution < -0.4 is 10.1 Å². The van der Waals surface area contributed by atoms with Crippen molar-refractivity contribution in [2.24, 2.45) is 0 Å². The van der Waals surface area contributed by atoms with E-state index >= 15 is 0 Å². The Morgan fingerprint density at radius 3 is 2.45 bits per heavy atom. The summed E-state index contributed by atoms with van der Waals surface area (Å²) in [4.78, 5) is 11.4. The van der Waals surface area contributed by atoms with Crippen LogP contribution in [0.15, 0.2) is 18.2 Å². The Hall–Kier alpha value is -1.55. The first-order valence-corrected chi connectivity index (χ1v) is 7.08. The van der Waals surface area contributed by atoms with Gasteiger partial charge in [-0.1, -0.05) is 25.1 Å². The predicted molar refractivity (Wildman–Crippen MR) is 80.4 cm³/mol. The van der Waals surface area contributed by atoms with Crippen LogP contribution in [0.1, 0.15) is 37.8 Å². The molecule has 0 amide bonds. The summed E-state index contributed by atoms with van der Waals surface area (Å²) in [5.74, 6) is 0.0202. The second-order valence-electron chi connectivity index (χ2n) is 5.38. The van der Waals surface area contributed by atoms with Crippen LogP contribution in [-0.4, -0.2) is 29.8 Å². The SMILES string of the molecule is CCCNC(C)(CCOc1c(C)cccc1C)C(=O)O. The van der Waals surface area contributed by atoms with Gasteiger partial charge in [0.15, 0.2) is 0 Å². The molecule has 0 bridgehead atoms. The molecule has 2 N–H and O–H groups in total. The molecule has 0 saturated carbocycles. The van der Waals surface area contributed by atoms with Gasteiger partial charge >= 0.3 is 5.97 Å². The predicted octanol–water partition coefficient (Wildman–Crippen LogP) is 2.92. The van der Waals surface area contributed by atoms with E-state index in [0.717, 1.165) is 23.3 Å². The number of aryl methyl sites for hydroxylation is 2. The van der Waals surface area contributed by atoms with Crippen molar-refractivity contribution in [3.63, 3.8) is 0 Å². The van der Waals surface area contributed by atoms with Gasteiger partial charge in [-0.2, -0.15) is 0 Å². The van der Waals surface area contributed by atoms with E-state index in [0.29, 0.717) is 19.6 Å². The van der Waals surface area contributed by atoms with E-state index in [-0.39, 0.29) is 0 Å². The number of para-hydroxylation sites is 1. The van der Waals surface area contributed by atoms with Crippen LogP contribution in [-0.2, 0) is 4.79 Å². The molecule has 1 aromatic rings. The highest BCUT2D eigenvalue weighted by Gasteiger charge is 2.32. The van der Waals surface area contributed by atoms with E-state index in [1.807, 2.05) is 39.0 Å². The highest BCUT2D eigenvalue weighted by molar-refractivity contribution is 5.78. The summed E-state index contributed by atoms with van der Waals surface area (Å²) in [5, 5.41) is 12.4. The van der Waals surface area contributed by atoms with E-state index < -0.39 is 11.5 Å². The van der Waals surface area contributed by atoms with Crippen LogP contribution in [0.25, 0.3) is 0 Å². The zero-order chi connectivity index (χ0) is 15.2. The van der Waals surface area contributed by atoms with Gasteiger partial charge in [-0.05, 0) is 44.9 Å². The summed E-state index contributed by atoms with van der Waals surface area (Å²) in [7, 11) is 0. The summed E-state index contributed by atoms with van der Waals surface area (Å²) in [5.41, 5.74) is 1.21. The highest BCUT2D eigenvalue weighted by atomic mass is 16.5. The zero-order valence-electron chi connectivity index (χ0n) is 12.8. The summed E-state index contributed by atoms with van der Waals surface area (Å²) >= 11 is 0. The van der Waals surface area contributed by atoms with Crippen molar-refractivity contribution in [1.29, 1.82) is 0 Å². The number of rotatable bonds is 8. The average Bonchev–Trinajstić information content (AvgIpc) is 2.39. The first-order valence-electron chi connectivity index (χ1n) is 7.08. The highest BCUT2D eigenvalue weighted by Crippen LogP contribution is 2.23. The van der Waals surface area contributed by atoms with E-state index in [2.05, 4.69) is 5.32 Å². The molecule has 0 fully saturated rings. The maximum absolute atomic E-state index is 11.4. The average molecular weight is 279 g/mol. The molecular weight excluding hydrogens is 254 g/mol.